The van der Waals surface area contributed by atoms with Crippen molar-refractivity contribution in [3.05, 3.63) is 100 Å². The molecular formula is C26H22N4O3. The number of aromatic nitrogens is 3. The highest BCUT2D eigenvalue weighted by Gasteiger charge is 2.35. The standard InChI is InChI=1S/C26H22N4O3/c1-16-12-19(18(3)30(16)24-13-17(2)33-28-24)14-23-21-9-4-5-10-22(21)25(31)29(26(23)32)15-20-8-6-7-11-27-20/h4-14H,15H2,1-3H3. The zero-order chi connectivity index (χ0) is 23.1. The van der Waals surface area contributed by atoms with E-state index in [1.165, 1.54) is 4.90 Å². The largest absolute Gasteiger partial charge is 0.360 e. The molecule has 1 aliphatic heterocycles. The third kappa shape index (κ3) is 3.57. The van der Waals surface area contributed by atoms with Gasteiger partial charge in [0.2, 0.25) is 0 Å². The fourth-order valence-electron chi connectivity index (χ4n) is 4.24. The highest BCUT2D eigenvalue weighted by atomic mass is 16.5. The van der Waals surface area contributed by atoms with Crippen LogP contribution in [0.4, 0.5) is 0 Å². The van der Waals surface area contributed by atoms with Crippen molar-refractivity contribution >= 4 is 23.5 Å². The predicted octanol–water partition coefficient (Wildman–Crippen LogP) is 4.51. The van der Waals surface area contributed by atoms with Gasteiger partial charge in [0, 0.05) is 34.8 Å². The van der Waals surface area contributed by atoms with E-state index in [9.17, 15) is 9.59 Å². The summed E-state index contributed by atoms with van der Waals surface area (Å²) in [6, 6.07) is 16.5. The zero-order valence-electron chi connectivity index (χ0n) is 18.6. The Morgan fingerprint density at radius 3 is 2.39 bits per heavy atom. The zero-order valence-corrected chi connectivity index (χ0v) is 18.6. The van der Waals surface area contributed by atoms with Crippen molar-refractivity contribution < 1.29 is 14.1 Å². The van der Waals surface area contributed by atoms with Crippen molar-refractivity contribution in [3.63, 3.8) is 0 Å². The molecule has 0 spiro atoms. The first kappa shape index (κ1) is 20.6. The molecule has 0 aliphatic carbocycles. The van der Waals surface area contributed by atoms with Crippen LogP contribution in [-0.4, -0.2) is 31.4 Å². The lowest BCUT2D eigenvalue weighted by Gasteiger charge is -2.28. The normalized spacial score (nSPS) is 14.8. The van der Waals surface area contributed by atoms with Gasteiger partial charge in [-0.25, -0.2) is 0 Å². The third-order valence-corrected chi connectivity index (χ3v) is 5.83. The van der Waals surface area contributed by atoms with Gasteiger partial charge >= 0.3 is 0 Å². The molecule has 0 bridgehead atoms. The van der Waals surface area contributed by atoms with Crippen LogP contribution in [0.3, 0.4) is 0 Å². The second-order valence-corrected chi connectivity index (χ2v) is 8.08. The number of aryl methyl sites for hydroxylation is 2. The number of carbonyl (C=O) groups excluding carboxylic acids is 2. The summed E-state index contributed by atoms with van der Waals surface area (Å²) in [4.78, 5) is 32.3. The number of hydrogen-bond acceptors (Lipinski definition) is 5. The first-order valence-electron chi connectivity index (χ1n) is 10.6. The number of carbonyl (C=O) groups is 2. The van der Waals surface area contributed by atoms with Crippen LogP contribution in [0.25, 0.3) is 17.5 Å². The van der Waals surface area contributed by atoms with Crippen LogP contribution in [0.1, 0.15) is 44.3 Å². The average Bonchev–Trinajstić information content (AvgIpc) is 3.36. The third-order valence-electron chi connectivity index (χ3n) is 5.83. The molecule has 3 aromatic heterocycles. The van der Waals surface area contributed by atoms with E-state index in [1.807, 2.05) is 67.8 Å². The maximum absolute atomic E-state index is 13.6. The summed E-state index contributed by atoms with van der Waals surface area (Å²) in [7, 11) is 0. The first-order chi connectivity index (χ1) is 15.9. The minimum Gasteiger partial charge on any atom is -0.360 e. The molecule has 0 unspecified atom stereocenters. The van der Waals surface area contributed by atoms with Gasteiger partial charge < -0.3 is 4.52 Å². The number of pyridine rings is 1. The molecule has 164 valence electrons. The summed E-state index contributed by atoms with van der Waals surface area (Å²) in [5, 5.41) is 4.13. The number of benzene rings is 1. The number of amides is 2. The highest BCUT2D eigenvalue weighted by molar-refractivity contribution is 6.33. The second kappa shape index (κ2) is 8.02. The summed E-state index contributed by atoms with van der Waals surface area (Å²) < 4.78 is 7.23. The van der Waals surface area contributed by atoms with E-state index < -0.39 is 0 Å². The van der Waals surface area contributed by atoms with Gasteiger partial charge in [-0.1, -0.05) is 29.4 Å². The van der Waals surface area contributed by atoms with Crippen LogP contribution >= 0.6 is 0 Å². The van der Waals surface area contributed by atoms with Gasteiger partial charge in [0.25, 0.3) is 11.8 Å². The number of rotatable bonds is 4. The molecule has 0 N–H and O–H groups in total. The molecular weight excluding hydrogens is 416 g/mol. The van der Waals surface area contributed by atoms with Crippen molar-refractivity contribution in [2.24, 2.45) is 0 Å². The lowest BCUT2D eigenvalue weighted by atomic mass is 9.92. The van der Waals surface area contributed by atoms with Gasteiger partial charge in [0.05, 0.1) is 12.2 Å². The fraction of sp³-hybridized carbons (Fsp3) is 0.154. The number of nitrogens with zero attached hydrogens (tertiary/aromatic N) is 4. The van der Waals surface area contributed by atoms with Gasteiger partial charge in [-0.3, -0.25) is 24.0 Å². The van der Waals surface area contributed by atoms with Crippen LogP contribution in [0, 0.1) is 20.8 Å². The number of imide groups is 1. The smallest absolute Gasteiger partial charge is 0.261 e. The molecule has 0 fully saturated rings. The molecule has 4 aromatic rings. The summed E-state index contributed by atoms with van der Waals surface area (Å²) in [5.41, 5.74) is 5.01. The molecule has 7 nitrogen and oxygen atoms in total. The van der Waals surface area contributed by atoms with Crippen molar-refractivity contribution in [1.29, 1.82) is 0 Å². The molecule has 2 amide bonds. The Balaban J connectivity index is 1.62. The Bertz CT molecular complexity index is 1410. The van der Waals surface area contributed by atoms with Crippen LogP contribution in [-0.2, 0) is 11.3 Å². The molecule has 0 saturated carbocycles. The topological polar surface area (TPSA) is 81.2 Å². The second-order valence-electron chi connectivity index (χ2n) is 8.08. The Hall–Kier alpha value is -4.26. The van der Waals surface area contributed by atoms with Crippen molar-refractivity contribution in [2.45, 2.75) is 27.3 Å². The molecule has 4 heterocycles. The Kier molecular flexibility index (Phi) is 5.01. The SMILES string of the molecule is Cc1cc(-n2c(C)cc(C=C3C(=O)N(Cc4ccccn4)C(=O)c4ccccc43)c2C)no1. The summed E-state index contributed by atoms with van der Waals surface area (Å²) in [6.45, 7) is 5.91. The van der Waals surface area contributed by atoms with Gasteiger partial charge in [-0.15, -0.1) is 0 Å². The fourth-order valence-corrected chi connectivity index (χ4v) is 4.24. The van der Waals surface area contributed by atoms with E-state index in [0.29, 0.717) is 28.2 Å². The average molecular weight is 438 g/mol. The lowest BCUT2D eigenvalue weighted by Crippen LogP contribution is -2.41. The van der Waals surface area contributed by atoms with Crippen LogP contribution in [0.5, 0.6) is 0 Å². The summed E-state index contributed by atoms with van der Waals surface area (Å²) in [5.74, 6) is 0.750. The molecule has 1 aromatic carbocycles. The van der Waals surface area contributed by atoms with Crippen LogP contribution < -0.4 is 0 Å². The Labute approximate surface area is 191 Å². The number of hydrogen-bond donors (Lipinski definition) is 0. The number of fused-ring (bicyclic) bond motifs is 1. The van der Waals surface area contributed by atoms with Gasteiger partial charge in [-0.2, -0.15) is 0 Å². The molecule has 0 radical (unpaired) electrons. The Morgan fingerprint density at radius 1 is 0.939 bits per heavy atom. The molecule has 5 rings (SSSR count). The van der Waals surface area contributed by atoms with E-state index >= 15 is 0 Å². The Morgan fingerprint density at radius 2 is 1.70 bits per heavy atom. The monoisotopic (exact) mass is 438 g/mol. The van der Waals surface area contributed by atoms with E-state index in [2.05, 4.69) is 10.1 Å². The van der Waals surface area contributed by atoms with Gasteiger partial charge in [-0.05, 0) is 62.2 Å². The molecule has 33 heavy (non-hydrogen) atoms. The van der Waals surface area contributed by atoms with Crippen molar-refractivity contribution in [1.82, 2.24) is 19.6 Å². The molecule has 7 heteroatoms. The minimum absolute atomic E-state index is 0.113. The van der Waals surface area contributed by atoms with Crippen molar-refractivity contribution in [2.75, 3.05) is 0 Å². The minimum atomic E-state index is -0.341. The maximum Gasteiger partial charge on any atom is 0.261 e. The molecule has 1 aliphatic rings. The quantitative estimate of drug-likeness (QED) is 0.346. The van der Waals surface area contributed by atoms with Gasteiger partial charge in [0.1, 0.15) is 5.76 Å². The lowest BCUT2D eigenvalue weighted by molar-refractivity contribution is -0.123. The molecule has 0 saturated heterocycles. The van der Waals surface area contributed by atoms with Crippen molar-refractivity contribution in [3.8, 4) is 5.82 Å². The maximum atomic E-state index is 13.6. The van der Waals surface area contributed by atoms with Crippen LogP contribution in [0.2, 0.25) is 0 Å². The van der Waals surface area contributed by atoms with Crippen LogP contribution in [0.15, 0.2) is 65.3 Å². The summed E-state index contributed by atoms with van der Waals surface area (Å²) >= 11 is 0. The van der Waals surface area contributed by atoms with Gasteiger partial charge in [0.15, 0.2) is 5.82 Å². The van der Waals surface area contributed by atoms with E-state index in [0.717, 1.165) is 22.7 Å². The first-order valence-corrected chi connectivity index (χ1v) is 10.6. The van der Waals surface area contributed by atoms with E-state index in [1.54, 1.807) is 24.4 Å². The molecule has 0 atom stereocenters. The predicted molar refractivity (Wildman–Crippen MR) is 123 cm³/mol. The highest BCUT2D eigenvalue weighted by Crippen LogP contribution is 2.32. The van der Waals surface area contributed by atoms with E-state index in [4.69, 9.17) is 4.52 Å². The van der Waals surface area contributed by atoms with E-state index in [-0.39, 0.29) is 18.4 Å². The summed E-state index contributed by atoms with van der Waals surface area (Å²) in [6.07, 6.45) is 3.50.